The van der Waals surface area contributed by atoms with Crippen molar-refractivity contribution < 1.29 is 14.7 Å². The molecule has 0 atom stereocenters. The standard InChI is InChI=1S/C13H13NO3S/c1-8-6-9(13(16)17)2-3-10(8)12(15)11-7-14-4-5-18-11/h2-3,6-7,14H,4-5H2,1H3,(H,16,17). The normalized spacial score (nSPS) is 14.6. The molecule has 0 amide bonds. The van der Waals surface area contributed by atoms with Crippen molar-refractivity contribution in [3.05, 3.63) is 46.0 Å². The molecule has 4 nitrogen and oxygen atoms in total. The fraction of sp³-hybridized carbons (Fsp3) is 0.231. The van der Waals surface area contributed by atoms with Gasteiger partial charge in [-0.1, -0.05) is 0 Å². The second kappa shape index (κ2) is 5.27. The van der Waals surface area contributed by atoms with E-state index in [1.54, 1.807) is 19.2 Å². The first-order valence-electron chi connectivity index (χ1n) is 5.54. The number of allylic oxidation sites excluding steroid dienone is 1. The Bertz CT molecular complexity index is 537. The van der Waals surface area contributed by atoms with Gasteiger partial charge in [0.15, 0.2) is 0 Å². The molecule has 0 aliphatic carbocycles. The van der Waals surface area contributed by atoms with Gasteiger partial charge in [-0.3, -0.25) is 4.79 Å². The van der Waals surface area contributed by atoms with Crippen LogP contribution < -0.4 is 5.32 Å². The van der Waals surface area contributed by atoms with Crippen LogP contribution in [0.1, 0.15) is 26.3 Å². The van der Waals surface area contributed by atoms with Crippen LogP contribution in [0.15, 0.2) is 29.3 Å². The summed E-state index contributed by atoms with van der Waals surface area (Å²) in [5, 5.41) is 11.9. The Morgan fingerprint density at radius 1 is 1.39 bits per heavy atom. The summed E-state index contributed by atoms with van der Waals surface area (Å²) in [6.45, 7) is 2.61. The van der Waals surface area contributed by atoms with Gasteiger partial charge in [0.1, 0.15) is 0 Å². The summed E-state index contributed by atoms with van der Waals surface area (Å²) in [6.07, 6.45) is 1.72. The van der Waals surface area contributed by atoms with E-state index in [4.69, 9.17) is 5.11 Å². The Morgan fingerprint density at radius 3 is 2.72 bits per heavy atom. The molecule has 0 saturated heterocycles. The van der Waals surface area contributed by atoms with Crippen LogP contribution in [0.25, 0.3) is 0 Å². The highest BCUT2D eigenvalue weighted by Crippen LogP contribution is 2.24. The zero-order chi connectivity index (χ0) is 13.1. The molecule has 2 N–H and O–H groups in total. The van der Waals surface area contributed by atoms with Crippen LogP contribution in [-0.2, 0) is 0 Å². The number of benzene rings is 1. The van der Waals surface area contributed by atoms with Crippen molar-refractivity contribution in [3.8, 4) is 0 Å². The molecule has 0 fully saturated rings. The fourth-order valence-electron chi connectivity index (χ4n) is 1.74. The van der Waals surface area contributed by atoms with Crippen LogP contribution in [0.2, 0.25) is 0 Å². The third-order valence-corrected chi connectivity index (χ3v) is 3.70. The number of carbonyl (C=O) groups is 2. The summed E-state index contributed by atoms with van der Waals surface area (Å²) < 4.78 is 0. The highest BCUT2D eigenvalue weighted by Gasteiger charge is 2.17. The third-order valence-electron chi connectivity index (χ3n) is 2.68. The quantitative estimate of drug-likeness (QED) is 0.817. The van der Waals surface area contributed by atoms with Gasteiger partial charge in [-0.25, -0.2) is 4.79 Å². The van der Waals surface area contributed by atoms with Gasteiger partial charge in [0.05, 0.1) is 10.5 Å². The molecule has 1 heterocycles. The van der Waals surface area contributed by atoms with Crippen LogP contribution in [0.3, 0.4) is 0 Å². The maximum absolute atomic E-state index is 12.2. The first-order chi connectivity index (χ1) is 8.59. The molecule has 1 aliphatic heterocycles. The summed E-state index contributed by atoms with van der Waals surface area (Å²) >= 11 is 1.52. The number of nitrogens with one attached hydrogen (secondary N) is 1. The van der Waals surface area contributed by atoms with Crippen molar-refractivity contribution in [2.75, 3.05) is 12.3 Å². The Hall–Kier alpha value is -1.75. The number of carboxylic acids is 1. The molecule has 0 spiro atoms. The smallest absolute Gasteiger partial charge is 0.335 e. The van der Waals surface area contributed by atoms with Crippen LogP contribution in [-0.4, -0.2) is 29.2 Å². The molecule has 0 radical (unpaired) electrons. The fourth-order valence-corrected chi connectivity index (χ4v) is 2.59. The molecule has 0 bridgehead atoms. The van der Waals surface area contributed by atoms with E-state index in [0.29, 0.717) is 16.0 Å². The van der Waals surface area contributed by atoms with Crippen molar-refractivity contribution in [1.29, 1.82) is 0 Å². The summed E-state index contributed by atoms with van der Waals surface area (Å²) in [7, 11) is 0. The van der Waals surface area contributed by atoms with Crippen molar-refractivity contribution in [1.82, 2.24) is 5.32 Å². The van der Waals surface area contributed by atoms with Gasteiger partial charge in [0.2, 0.25) is 5.78 Å². The van der Waals surface area contributed by atoms with Crippen LogP contribution in [0.4, 0.5) is 0 Å². The number of ketones is 1. The maximum atomic E-state index is 12.2. The molecule has 1 aromatic carbocycles. The number of hydrogen-bond acceptors (Lipinski definition) is 4. The number of carbonyl (C=O) groups excluding carboxylic acids is 1. The molecule has 94 valence electrons. The minimum absolute atomic E-state index is 0.0540. The average Bonchev–Trinajstić information content (AvgIpc) is 2.38. The Balaban J connectivity index is 2.31. The first kappa shape index (κ1) is 12.7. The predicted octanol–water partition coefficient (Wildman–Crippen LogP) is 2.05. The third kappa shape index (κ3) is 2.56. The highest BCUT2D eigenvalue weighted by atomic mass is 32.2. The summed E-state index contributed by atoms with van der Waals surface area (Å²) in [5.74, 6) is -0.171. The van der Waals surface area contributed by atoms with E-state index in [-0.39, 0.29) is 11.3 Å². The van der Waals surface area contributed by atoms with E-state index < -0.39 is 5.97 Å². The van der Waals surface area contributed by atoms with Crippen molar-refractivity contribution in [2.24, 2.45) is 0 Å². The van der Waals surface area contributed by atoms with E-state index in [1.165, 1.54) is 23.9 Å². The van der Waals surface area contributed by atoms with E-state index in [1.807, 2.05) is 0 Å². The molecule has 18 heavy (non-hydrogen) atoms. The van der Waals surface area contributed by atoms with E-state index in [9.17, 15) is 9.59 Å². The van der Waals surface area contributed by atoms with Gasteiger partial charge < -0.3 is 10.4 Å². The first-order valence-corrected chi connectivity index (χ1v) is 6.53. The maximum Gasteiger partial charge on any atom is 0.335 e. The van der Waals surface area contributed by atoms with Gasteiger partial charge in [0, 0.05) is 24.1 Å². The number of thioether (sulfide) groups is 1. The lowest BCUT2D eigenvalue weighted by Gasteiger charge is -2.14. The molecular weight excluding hydrogens is 250 g/mol. The zero-order valence-electron chi connectivity index (χ0n) is 9.90. The number of aromatic carboxylic acids is 1. The van der Waals surface area contributed by atoms with Gasteiger partial charge >= 0.3 is 5.97 Å². The lowest BCUT2D eigenvalue weighted by Crippen LogP contribution is -2.18. The SMILES string of the molecule is Cc1cc(C(=O)O)ccc1C(=O)C1=CNCCS1. The number of Topliss-reactive ketones (excluding diaryl/α,β-unsaturated/α-hetero) is 1. The largest absolute Gasteiger partial charge is 0.478 e. The highest BCUT2D eigenvalue weighted by molar-refractivity contribution is 8.04. The van der Waals surface area contributed by atoms with Crippen LogP contribution in [0, 0.1) is 6.92 Å². The molecule has 0 aromatic heterocycles. The van der Waals surface area contributed by atoms with Crippen molar-refractivity contribution in [2.45, 2.75) is 6.92 Å². The van der Waals surface area contributed by atoms with E-state index >= 15 is 0 Å². The Labute approximate surface area is 109 Å². The average molecular weight is 263 g/mol. The topological polar surface area (TPSA) is 66.4 Å². The van der Waals surface area contributed by atoms with Crippen LogP contribution in [0.5, 0.6) is 0 Å². The monoisotopic (exact) mass is 263 g/mol. The summed E-state index contributed by atoms with van der Waals surface area (Å²) in [6, 6.07) is 4.57. The summed E-state index contributed by atoms with van der Waals surface area (Å²) in [5.41, 5.74) is 1.45. The minimum atomic E-state index is -0.981. The Morgan fingerprint density at radius 2 is 2.17 bits per heavy atom. The predicted molar refractivity (Wildman–Crippen MR) is 71.0 cm³/mol. The minimum Gasteiger partial charge on any atom is -0.478 e. The van der Waals surface area contributed by atoms with Crippen LogP contribution >= 0.6 is 11.8 Å². The molecule has 1 aliphatic rings. The van der Waals surface area contributed by atoms with Gasteiger partial charge in [-0.15, -0.1) is 11.8 Å². The van der Waals surface area contributed by atoms with E-state index in [0.717, 1.165) is 12.3 Å². The van der Waals surface area contributed by atoms with Crippen molar-refractivity contribution in [3.63, 3.8) is 0 Å². The molecule has 1 aromatic rings. The lowest BCUT2D eigenvalue weighted by molar-refractivity contribution is 0.0696. The number of carboxylic acid groups (broad SMARTS) is 1. The van der Waals surface area contributed by atoms with Gasteiger partial charge in [-0.05, 0) is 30.7 Å². The van der Waals surface area contributed by atoms with Gasteiger partial charge in [-0.2, -0.15) is 0 Å². The summed E-state index contributed by atoms with van der Waals surface area (Å²) in [4.78, 5) is 23.7. The number of hydrogen-bond donors (Lipinski definition) is 2. The van der Waals surface area contributed by atoms with Crippen molar-refractivity contribution >= 4 is 23.5 Å². The lowest BCUT2D eigenvalue weighted by atomic mass is 10.0. The molecule has 5 heteroatoms. The second-order valence-electron chi connectivity index (χ2n) is 3.98. The number of aryl methyl sites for hydroxylation is 1. The van der Waals surface area contributed by atoms with Gasteiger partial charge in [0.25, 0.3) is 0 Å². The Kier molecular flexibility index (Phi) is 3.72. The second-order valence-corrected chi connectivity index (χ2v) is 5.11. The molecular formula is C13H13NO3S. The van der Waals surface area contributed by atoms with E-state index in [2.05, 4.69) is 5.32 Å². The molecule has 2 rings (SSSR count). The molecule has 0 saturated carbocycles. The number of rotatable bonds is 3. The molecule has 0 unspecified atom stereocenters. The zero-order valence-corrected chi connectivity index (χ0v) is 10.7.